The summed E-state index contributed by atoms with van der Waals surface area (Å²) >= 11 is 12.2. The molecule has 0 saturated carbocycles. The normalized spacial score (nSPS) is 10.4. The van der Waals surface area contributed by atoms with Crippen LogP contribution in [0.4, 0.5) is 5.69 Å². The Morgan fingerprint density at radius 2 is 1.74 bits per heavy atom. The molecule has 0 atom stereocenters. The van der Waals surface area contributed by atoms with Crippen LogP contribution in [0.2, 0.25) is 10.0 Å². The highest BCUT2D eigenvalue weighted by Crippen LogP contribution is 2.36. The number of carboxylic acid groups (broad SMARTS) is 1. The topological polar surface area (TPSA) is 84.9 Å². The van der Waals surface area contributed by atoms with Crippen LogP contribution < -0.4 is 10.1 Å². The monoisotopic (exact) mass is 363 g/mol. The van der Waals surface area contributed by atoms with E-state index in [2.05, 4.69) is 5.32 Å². The molecule has 2 N–H and O–H groups in total. The van der Waals surface area contributed by atoms with Crippen molar-refractivity contribution in [2.45, 2.75) is 25.7 Å². The molecular formula is C15H19Cl2NO5. The van der Waals surface area contributed by atoms with Crippen molar-refractivity contribution in [1.82, 2.24) is 0 Å². The van der Waals surface area contributed by atoms with Crippen molar-refractivity contribution >= 4 is 40.8 Å². The second-order valence-corrected chi connectivity index (χ2v) is 5.57. The molecule has 128 valence electrons. The fourth-order valence-corrected chi connectivity index (χ4v) is 2.38. The van der Waals surface area contributed by atoms with E-state index in [9.17, 15) is 9.59 Å². The number of nitrogens with one attached hydrogen (secondary N) is 1. The Morgan fingerprint density at radius 3 is 2.30 bits per heavy atom. The van der Waals surface area contributed by atoms with Crippen LogP contribution in [0, 0.1) is 0 Å². The number of carbonyl (C=O) groups is 2. The summed E-state index contributed by atoms with van der Waals surface area (Å²) < 4.78 is 10.3. The predicted octanol–water partition coefficient (Wildman–Crippen LogP) is 3.60. The lowest BCUT2D eigenvalue weighted by molar-refractivity contribution is -0.137. The molecule has 0 saturated heterocycles. The van der Waals surface area contributed by atoms with Gasteiger partial charge in [0.05, 0.1) is 16.7 Å². The zero-order chi connectivity index (χ0) is 17.2. The van der Waals surface area contributed by atoms with E-state index in [1.54, 1.807) is 19.2 Å². The van der Waals surface area contributed by atoms with Gasteiger partial charge in [-0.05, 0) is 25.0 Å². The molecule has 0 spiro atoms. The molecule has 1 amide bonds. The van der Waals surface area contributed by atoms with Gasteiger partial charge in [-0.3, -0.25) is 9.59 Å². The maximum atomic E-state index is 11.8. The van der Waals surface area contributed by atoms with Crippen LogP contribution in [0.15, 0.2) is 12.1 Å². The van der Waals surface area contributed by atoms with Gasteiger partial charge in [-0.2, -0.15) is 0 Å². The molecule has 0 radical (unpaired) electrons. The quantitative estimate of drug-likeness (QED) is 0.620. The van der Waals surface area contributed by atoms with Crippen LogP contribution >= 0.6 is 23.2 Å². The van der Waals surface area contributed by atoms with Crippen molar-refractivity contribution in [3.63, 3.8) is 0 Å². The van der Waals surface area contributed by atoms with Crippen molar-refractivity contribution in [2.24, 2.45) is 0 Å². The van der Waals surface area contributed by atoms with Gasteiger partial charge in [0, 0.05) is 25.6 Å². The Kier molecular flexibility index (Phi) is 8.76. The van der Waals surface area contributed by atoms with Crippen LogP contribution in [-0.2, 0) is 14.3 Å². The summed E-state index contributed by atoms with van der Waals surface area (Å²) in [5.74, 6) is -0.756. The second-order valence-electron chi connectivity index (χ2n) is 4.76. The molecule has 1 aromatic rings. The van der Waals surface area contributed by atoms with Crippen LogP contribution in [0.5, 0.6) is 5.75 Å². The number of ether oxygens (including phenoxy) is 2. The molecule has 23 heavy (non-hydrogen) atoms. The van der Waals surface area contributed by atoms with E-state index in [1.165, 1.54) is 0 Å². The molecule has 0 heterocycles. The Labute approximate surface area is 144 Å². The first-order valence-electron chi connectivity index (χ1n) is 7.06. The van der Waals surface area contributed by atoms with Gasteiger partial charge in [-0.1, -0.05) is 23.2 Å². The van der Waals surface area contributed by atoms with E-state index in [-0.39, 0.29) is 28.8 Å². The summed E-state index contributed by atoms with van der Waals surface area (Å²) in [7, 11) is 1.56. The standard InChI is InChI=1S/C15H19Cl2NO5/c1-22-6-7-23-15-11(16)8-10(9-12(15)17)18-13(19)4-2-3-5-14(20)21/h8-9H,2-7H2,1H3,(H,18,19)(H,20,21). The lowest BCUT2D eigenvalue weighted by Crippen LogP contribution is -2.11. The van der Waals surface area contributed by atoms with Crippen LogP contribution in [0.25, 0.3) is 0 Å². The Hall–Kier alpha value is -1.50. The SMILES string of the molecule is COCCOc1c(Cl)cc(NC(=O)CCCCC(=O)O)cc1Cl. The molecule has 6 nitrogen and oxygen atoms in total. The maximum absolute atomic E-state index is 11.8. The lowest BCUT2D eigenvalue weighted by Gasteiger charge is -2.12. The fraction of sp³-hybridized carbons (Fsp3) is 0.467. The largest absolute Gasteiger partial charge is 0.488 e. The number of halogens is 2. The van der Waals surface area contributed by atoms with Crippen LogP contribution in [-0.4, -0.2) is 37.3 Å². The summed E-state index contributed by atoms with van der Waals surface area (Å²) in [6, 6.07) is 3.09. The number of rotatable bonds is 10. The molecule has 1 rings (SSSR count). The summed E-state index contributed by atoms with van der Waals surface area (Å²) in [5, 5.41) is 11.8. The van der Waals surface area contributed by atoms with E-state index >= 15 is 0 Å². The molecule has 0 aliphatic heterocycles. The van der Waals surface area contributed by atoms with Gasteiger partial charge in [-0.25, -0.2) is 0 Å². The van der Waals surface area contributed by atoms with Crippen LogP contribution in [0.1, 0.15) is 25.7 Å². The number of benzene rings is 1. The first-order chi connectivity index (χ1) is 10.9. The molecule has 1 aromatic carbocycles. The van der Waals surface area contributed by atoms with E-state index in [1.807, 2.05) is 0 Å². The first-order valence-corrected chi connectivity index (χ1v) is 7.82. The second kappa shape index (κ2) is 10.3. The number of anilines is 1. The molecule has 8 heteroatoms. The number of aliphatic carboxylic acids is 1. The van der Waals surface area contributed by atoms with E-state index in [0.717, 1.165) is 0 Å². The van der Waals surface area contributed by atoms with Crippen molar-refractivity contribution in [2.75, 3.05) is 25.6 Å². The molecule has 0 unspecified atom stereocenters. The van der Waals surface area contributed by atoms with Gasteiger partial charge in [0.2, 0.25) is 5.91 Å². The highest BCUT2D eigenvalue weighted by Gasteiger charge is 2.11. The Morgan fingerprint density at radius 1 is 1.13 bits per heavy atom. The number of carbonyl (C=O) groups excluding carboxylic acids is 1. The number of carboxylic acids is 1. The van der Waals surface area contributed by atoms with Crippen LogP contribution in [0.3, 0.4) is 0 Å². The average molecular weight is 364 g/mol. The average Bonchev–Trinajstić information content (AvgIpc) is 2.46. The fourth-order valence-electron chi connectivity index (χ4n) is 1.78. The minimum absolute atomic E-state index is 0.0540. The molecule has 0 bridgehead atoms. The molecule has 0 aliphatic rings. The van der Waals surface area contributed by atoms with Gasteiger partial charge in [0.25, 0.3) is 0 Å². The van der Waals surface area contributed by atoms with Crippen molar-refractivity contribution in [1.29, 1.82) is 0 Å². The zero-order valence-electron chi connectivity index (χ0n) is 12.7. The summed E-state index contributed by atoms with van der Waals surface area (Å²) in [5.41, 5.74) is 0.460. The van der Waals surface area contributed by atoms with Gasteiger partial charge >= 0.3 is 5.97 Å². The molecule has 0 aliphatic carbocycles. The first kappa shape index (κ1) is 19.5. The number of unbranched alkanes of at least 4 members (excludes halogenated alkanes) is 1. The minimum atomic E-state index is -0.868. The lowest BCUT2D eigenvalue weighted by atomic mass is 10.2. The van der Waals surface area contributed by atoms with E-state index in [4.69, 9.17) is 37.8 Å². The third-order valence-corrected chi connectivity index (χ3v) is 3.42. The highest BCUT2D eigenvalue weighted by molar-refractivity contribution is 6.37. The van der Waals surface area contributed by atoms with Gasteiger partial charge in [-0.15, -0.1) is 0 Å². The number of hydrogen-bond donors (Lipinski definition) is 2. The third-order valence-electron chi connectivity index (χ3n) is 2.86. The molecule has 0 fully saturated rings. The predicted molar refractivity (Wildman–Crippen MR) is 88.6 cm³/mol. The summed E-state index contributed by atoms with van der Waals surface area (Å²) in [6.45, 7) is 0.715. The van der Waals surface area contributed by atoms with E-state index in [0.29, 0.717) is 37.5 Å². The smallest absolute Gasteiger partial charge is 0.303 e. The Balaban J connectivity index is 2.54. The van der Waals surface area contributed by atoms with Gasteiger partial charge in [0.15, 0.2) is 5.75 Å². The highest BCUT2D eigenvalue weighted by atomic mass is 35.5. The summed E-state index contributed by atoms with van der Waals surface area (Å²) in [6.07, 6.45) is 1.24. The van der Waals surface area contributed by atoms with Crippen molar-refractivity contribution < 1.29 is 24.2 Å². The van der Waals surface area contributed by atoms with Gasteiger partial charge < -0.3 is 19.9 Å². The number of hydrogen-bond acceptors (Lipinski definition) is 4. The molecular weight excluding hydrogens is 345 g/mol. The van der Waals surface area contributed by atoms with Crippen molar-refractivity contribution in [3.8, 4) is 5.75 Å². The maximum Gasteiger partial charge on any atom is 0.303 e. The van der Waals surface area contributed by atoms with E-state index < -0.39 is 5.97 Å². The number of amides is 1. The molecule has 0 aromatic heterocycles. The zero-order valence-corrected chi connectivity index (χ0v) is 14.2. The Bertz CT molecular complexity index is 528. The summed E-state index contributed by atoms with van der Waals surface area (Å²) in [4.78, 5) is 22.2. The number of methoxy groups -OCH3 is 1. The van der Waals surface area contributed by atoms with Gasteiger partial charge in [0.1, 0.15) is 6.61 Å². The third kappa shape index (κ3) is 7.54. The minimum Gasteiger partial charge on any atom is -0.488 e. The van der Waals surface area contributed by atoms with Crippen molar-refractivity contribution in [3.05, 3.63) is 22.2 Å².